The fourth-order valence-electron chi connectivity index (χ4n) is 3.59. The van der Waals surface area contributed by atoms with E-state index >= 15 is 0 Å². The fourth-order valence-corrected chi connectivity index (χ4v) is 3.59. The van der Waals surface area contributed by atoms with E-state index in [0.29, 0.717) is 12.6 Å². The van der Waals surface area contributed by atoms with Gasteiger partial charge in [-0.15, -0.1) is 0 Å². The van der Waals surface area contributed by atoms with E-state index in [1.54, 1.807) is 0 Å². The molecule has 3 rings (SSSR count). The van der Waals surface area contributed by atoms with Gasteiger partial charge in [0.2, 0.25) is 5.91 Å². The van der Waals surface area contributed by atoms with Gasteiger partial charge < -0.3 is 11.1 Å². The third kappa shape index (κ3) is 3.34. The van der Waals surface area contributed by atoms with Crippen molar-refractivity contribution in [2.75, 3.05) is 19.6 Å². The Morgan fingerprint density at radius 3 is 2.35 bits per heavy atom. The van der Waals surface area contributed by atoms with Crippen molar-refractivity contribution < 1.29 is 4.79 Å². The zero-order chi connectivity index (χ0) is 14.3. The SMILES string of the molecule is CC1(C)CN(CC(=O)NC(C2CC2)C2CC2)CCC1N. The zero-order valence-corrected chi connectivity index (χ0v) is 12.9. The monoisotopic (exact) mass is 279 g/mol. The van der Waals surface area contributed by atoms with E-state index in [4.69, 9.17) is 5.73 Å². The third-order valence-electron chi connectivity index (χ3n) is 5.35. The molecule has 2 saturated carbocycles. The molecular formula is C16H29N3O. The van der Waals surface area contributed by atoms with Gasteiger partial charge in [-0.25, -0.2) is 0 Å². The van der Waals surface area contributed by atoms with Crippen LogP contribution in [0.2, 0.25) is 0 Å². The quantitative estimate of drug-likeness (QED) is 0.799. The molecule has 0 radical (unpaired) electrons. The smallest absolute Gasteiger partial charge is 0.234 e. The highest BCUT2D eigenvalue weighted by atomic mass is 16.2. The Morgan fingerprint density at radius 2 is 1.85 bits per heavy atom. The van der Waals surface area contributed by atoms with E-state index in [9.17, 15) is 4.79 Å². The second-order valence-corrected chi connectivity index (χ2v) is 7.86. The highest BCUT2D eigenvalue weighted by molar-refractivity contribution is 5.78. The van der Waals surface area contributed by atoms with Gasteiger partial charge in [0, 0.05) is 25.2 Å². The Balaban J connectivity index is 1.48. The first-order valence-corrected chi connectivity index (χ1v) is 8.23. The molecule has 0 aromatic rings. The van der Waals surface area contributed by atoms with Crippen LogP contribution < -0.4 is 11.1 Å². The maximum atomic E-state index is 12.3. The summed E-state index contributed by atoms with van der Waals surface area (Å²) in [6, 6.07) is 0.732. The van der Waals surface area contributed by atoms with Crippen molar-refractivity contribution in [3.05, 3.63) is 0 Å². The number of amides is 1. The molecule has 1 aliphatic heterocycles. The molecule has 3 aliphatic rings. The minimum atomic E-state index is 0.116. The molecule has 1 atom stereocenters. The molecule has 114 valence electrons. The van der Waals surface area contributed by atoms with Gasteiger partial charge in [-0.1, -0.05) is 13.8 Å². The third-order valence-corrected chi connectivity index (χ3v) is 5.35. The predicted octanol–water partition coefficient (Wildman–Crippen LogP) is 1.35. The number of likely N-dealkylation sites (tertiary alicyclic amines) is 1. The van der Waals surface area contributed by atoms with Crippen molar-refractivity contribution in [1.82, 2.24) is 10.2 Å². The van der Waals surface area contributed by atoms with Crippen molar-refractivity contribution in [2.24, 2.45) is 23.0 Å². The molecule has 4 heteroatoms. The van der Waals surface area contributed by atoms with Gasteiger partial charge in [0.15, 0.2) is 0 Å². The summed E-state index contributed by atoms with van der Waals surface area (Å²) in [5, 5.41) is 3.31. The molecule has 0 aromatic heterocycles. The molecule has 0 bridgehead atoms. The average Bonchev–Trinajstić information content (AvgIpc) is 3.25. The topological polar surface area (TPSA) is 58.4 Å². The second kappa shape index (κ2) is 5.30. The summed E-state index contributed by atoms with van der Waals surface area (Å²) in [5.74, 6) is 1.77. The van der Waals surface area contributed by atoms with Crippen LogP contribution in [-0.4, -0.2) is 42.5 Å². The van der Waals surface area contributed by atoms with E-state index in [1.165, 1.54) is 25.7 Å². The van der Waals surface area contributed by atoms with Crippen LogP contribution in [0.15, 0.2) is 0 Å². The molecule has 1 saturated heterocycles. The lowest BCUT2D eigenvalue weighted by Gasteiger charge is -2.42. The standard InChI is InChI=1S/C16H29N3O/c1-16(2)10-19(8-7-13(16)17)9-14(20)18-15(11-3-4-11)12-5-6-12/h11-13,15H,3-10,17H2,1-2H3,(H,18,20). The molecule has 1 heterocycles. The van der Waals surface area contributed by atoms with Crippen molar-refractivity contribution in [3.8, 4) is 0 Å². The Morgan fingerprint density at radius 1 is 1.25 bits per heavy atom. The largest absolute Gasteiger partial charge is 0.352 e. The van der Waals surface area contributed by atoms with Gasteiger partial charge in [0.1, 0.15) is 0 Å². The minimum absolute atomic E-state index is 0.116. The Hall–Kier alpha value is -0.610. The van der Waals surface area contributed by atoms with E-state index in [-0.39, 0.29) is 17.4 Å². The number of hydrogen-bond acceptors (Lipinski definition) is 3. The van der Waals surface area contributed by atoms with Crippen molar-refractivity contribution in [3.63, 3.8) is 0 Å². The summed E-state index contributed by atoms with van der Waals surface area (Å²) in [5.41, 5.74) is 6.27. The molecule has 0 spiro atoms. The van der Waals surface area contributed by atoms with Gasteiger partial charge in [0.05, 0.1) is 6.54 Å². The summed E-state index contributed by atoms with van der Waals surface area (Å²) in [7, 11) is 0. The Bertz CT molecular complexity index is 362. The summed E-state index contributed by atoms with van der Waals surface area (Å²) in [4.78, 5) is 14.6. The molecule has 1 amide bonds. The first kappa shape index (κ1) is 14.3. The average molecular weight is 279 g/mol. The van der Waals surface area contributed by atoms with E-state index < -0.39 is 0 Å². The molecule has 2 aliphatic carbocycles. The first-order chi connectivity index (χ1) is 9.45. The van der Waals surface area contributed by atoms with Crippen molar-refractivity contribution in [1.29, 1.82) is 0 Å². The maximum absolute atomic E-state index is 12.3. The molecule has 3 fully saturated rings. The van der Waals surface area contributed by atoms with E-state index in [2.05, 4.69) is 24.1 Å². The highest BCUT2D eigenvalue weighted by Crippen LogP contribution is 2.44. The number of nitrogens with one attached hydrogen (secondary N) is 1. The molecule has 0 aromatic carbocycles. The van der Waals surface area contributed by atoms with Gasteiger partial charge in [-0.2, -0.15) is 0 Å². The van der Waals surface area contributed by atoms with Crippen LogP contribution in [0.4, 0.5) is 0 Å². The van der Waals surface area contributed by atoms with Crippen LogP contribution in [0, 0.1) is 17.3 Å². The minimum Gasteiger partial charge on any atom is -0.352 e. The molecular weight excluding hydrogens is 250 g/mol. The molecule has 20 heavy (non-hydrogen) atoms. The van der Waals surface area contributed by atoms with E-state index in [1.807, 2.05) is 0 Å². The number of piperidine rings is 1. The molecule has 3 N–H and O–H groups in total. The van der Waals surface area contributed by atoms with Crippen LogP contribution in [0.3, 0.4) is 0 Å². The van der Waals surface area contributed by atoms with Crippen LogP contribution in [0.25, 0.3) is 0 Å². The van der Waals surface area contributed by atoms with Crippen molar-refractivity contribution >= 4 is 5.91 Å². The van der Waals surface area contributed by atoms with Gasteiger partial charge in [-0.3, -0.25) is 9.69 Å². The van der Waals surface area contributed by atoms with Crippen LogP contribution >= 0.6 is 0 Å². The number of carbonyl (C=O) groups excluding carboxylic acids is 1. The fraction of sp³-hybridized carbons (Fsp3) is 0.938. The second-order valence-electron chi connectivity index (χ2n) is 7.86. The highest BCUT2D eigenvalue weighted by Gasteiger charge is 2.42. The summed E-state index contributed by atoms with van der Waals surface area (Å²) in [6.07, 6.45) is 6.25. The van der Waals surface area contributed by atoms with E-state index in [0.717, 1.165) is 31.3 Å². The summed E-state index contributed by atoms with van der Waals surface area (Å²) >= 11 is 0. The normalized spacial score (nSPS) is 30.5. The van der Waals surface area contributed by atoms with Crippen LogP contribution in [-0.2, 0) is 4.79 Å². The molecule has 4 nitrogen and oxygen atoms in total. The van der Waals surface area contributed by atoms with Gasteiger partial charge in [0.25, 0.3) is 0 Å². The number of hydrogen-bond donors (Lipinski definition) is 2. The number of rotatable bonds is 5. The van der Waals surface area contributed by atoms with Gasteiger partial charge >= 0.3 is 0 Å². The van der Waals surface area contributed by atoms with Gasteiger partial charge in [-0.05, 0) is 49.4 Å². The van der Waals surface area contributed by atoms with Crippen molar-refractivity contribution in [2.45, 2.75) is 58.0 Å². The lowest BCUT2D eigenvalue weighted by atomic mass is 9.80. The number of carbonyl (C=O) groups is 1. The maximum Gasteiger partial charge on any atom is 0.234 e. The molecule has 1 unspecified atom stereocenters. The lowest BCUT2D eigenvalue weighted by molar-refractivity contribution is -0.124. The number of nitrogens with two attached hydrogens (primary N) is 1. The van der Waals surface area contributed by atoms with Crippen LogP contribution in [0.5, 0.6) is 0 Å². The summed E-state index contributed by atoms with van der Waals surface area (Å²) in [6.45, 7) is 6.85. The predicted molar refractivity (Wildman–Crippen MR) is 80.2 cm³/mol. The number of nitrogens with zero attached hydrogens (tertiary/aromatic N) is 1. The Labute approximate surface area is 122 Å². The lowest BCUT2D eigenvalue weighted by Crippen LogP contribution is -2.54. The Kier molecular flexibility index (Phi) is 3.80. The zero-order valence-electron chi connectivity index (χ0n) is 12.9. The van der Waals surface area contributed by atoms with Crippen LogP contribution in [0.1, 0.15) is 46.0 Å². The summed E-state index contributed by atoms with van der Waals surface area (Å²) < 4.78 is 0. The first-order valence-electron chi connectivity index (χ1n) is 8.23.